The van der Waals surface area contributed by atoms with E-state index in [1.807, 2.05) is 0 Å². The number of aliphatic carboxylic acids is 1. The van der Waals surface area contributed by atoms with Crippen molar-refractivity contribution in [3.8, 4) is 0 Å². The van der Waals surface area contributed by atoms with Gasteiger partial charge in [0.05, 0.1) is 5.97 Å². The molecule has 0 aliphatic rings. The largest absolute Gasteiger partial charge is 0.547 e. The summed E-state index contributed by atoms with van der Waals surface area (Å²) in [6.07, 6.45) is -2.83. The molecule has 0 aromatic heterocycles. The third-order valence-electron chi connectivity index (χ3n) is 1.73. The molecule has 1 N–H and O–H groups in total. The molecule has 5 heteroatoms. The normalized spacial score (nSPS) is 13.6. The lowest BCUT2D eigenvalue weighted by molar-refractivity contribution is -0.325. The van der Waals surface area contributed by atoms with Crippen molar-refractivity contribution in [3.63, 3.8) is 0 Å². The summed E-state index contributed by atoms with van der Waals surface area (Å²) < 4.78 is 26.3. The Morgan fingerprint density at radius 1 is 1.36 bits per heavy atom. The molecule has 0 aliphatic carbocycles. The van der Waals surface area contributed by atoms with Gasteiger partial charge in [0.25, 0.3) is 0 Å². The van der Waals surface area contributed by atoms with Crippen molar-refractivity contribution in [1.29, 1.82) is 0 Å². The van der Waals surface area contributed by atoms with Gasteiger partial charge in [-0.2, -0.15) is 8.78 Å². The van der Waals surface area contributed by atoms with Crippen LogP contribution in [0.25, 0.3) is 0 Å². The molecule has 0 unspecified atom stereocenters. The number of halogens is 2. The number of benzene rings is 1. The fourth-order valence-corrected chi connectivity index (χ4v) is 0.966. The molecule has 0 spiro atoms. The van der Waals surface area contributed by atoms with E-state index in [1.54, 1.807) is 0 Å². The fourth-order valence-electron chi connectivity index (χ4n) is 0.966. The predicted octanol–water partition coefficient (Wildman–Crippen LogP) is -0.111. The minimum Gasteiger partial charge on any atom is -0.547 e. The minimum absolute atomic E-state index is 0.559. The third-order valence-corrected chi connectivity index (χ3v) is 1.73. The topological polar surface area (TPSA) is 60.4 Å². The van der Waals surface area contributed by atoms with Gasteiger partial charge in [0, 0.05) is 5.56 Å². The first kappa shape index (κ1) is 10.6. The van der Waals surface area contributed by atoms with E-state index in [4.69, 9.17) is 5.11 Å². The second kappa shape index (κ2) is 3.71. The Balaban J connectivity index is 3.02. The summed E-state index contributed by atoms with van der Waals surface area (Å²) in [6.45, 7) is 0. The highest BCUT2D eigenvalue weighted by Gasteiger charge is 2.41. The number of carbonyl (C=O) groups is 1. The van der Waals surface area contributed by atoms with Crippen LogP contribution in [0.15, 0.2) is 30.3 Å². The van der Waals surface area contributed by atoms with Gasteiger partial charge in [-0.25, -0.2) is 0 Å². The lowest BCUT2D eigenvalue weighted by atomic mass is 10.0. The average molecular weight is 201 g/mol. The monoisotopic (exact) mass is 201 g/mol. The molecule has 0 fully saturated rings. The van der Waals surface area contributed by atoms with Gasteiger partial charge in [0.1, 0.15) is 0 Å². The van der Waals surface area contributed by atoms with E-state index >= 15 is 0 Å². The molecule has 0 radical (unpaired) electrons. The highest BCUT2D eigenvalue weighted by molar-refractivity contribution is 5.71. The first-order valence-corrected chi connectivity index (χ1v) is 3.78. The van der Waals surface area contributed by atoms with E-state index in [9.17, 15) is 18.7 Å². The van der Waals surface area contributed by atoms with Gasteiger partial charge < -0.3 is 15.0 Å². The number of rotatable bonds is 3. The number of carboxylic acids is 1. The van der Waals surface area contributed by atoms with Crippen LogP contribution in [0.3, 0.4) is 0 Å². The maximum atomic E-state index is 13.1. The van der Waals surface area contributed by atoms with Crippen LogP contribution in [0.5, 0.6) is 0 Å². The molecular weight excluding hydrogens is 194 g/mol. The van der Waals surface area contributed by atoms with Crippen molar-refractivity contribution in [2.75, 3.05) is 0 Å². The predicted molar refractivity (Wildman–Crippen MR) is 41.3 cm³/mol. The zero-order chi connectivity index (χ0) is 10.8. The molecule has 76 valence electrons. The molecule has 0 aliphatic heterocycles. The molecule has 1 aromatic rings. The van der Waals surface area contributed by atoms with Crippen LogP contribution in [-0.4, -0.2) is 17.2 Å². The molecule has 1 rings (SSSR count). The van der Waals surface area contributed by atoms with Gasteiger partial charge in [-0.1, -0.05) is 30.3 Å². The first-order chi connectivity index (χ1) is 6.46. The summed E-state index contributed by atoms with van der Waals surface area (Å²) in [4.78, 5) is 10.1. The van der Waals surface area contributed by atoms with Crippen LogP contribution in [0.1, 0.15) is 5.56 Å². The number of hydrogen-bond acceptors (Lipinski definition) is 3. The molecule has 0 saturated carbocycles. The fraction of sp³-hybridized carbons (Fsp3) is 0.222. The van der Waals surface area contributed by atoms with Crippen LogP contribution in [-0.2, 0) is 10.7 Å². The van der Waals surface area contributed by atoms with E-state index < -0.39 is 23.6 Å². The highest BCUT2D eigenvalue weighted by Crippen LogP contribution is 2.31. The summed E-state index contributed by atoms with van der Waals surface area (Å²) in [7, 11) is 0. The van der Waals surface area contributed by atoms with Gasteiger partial charge >= 0.3 is 5.92 Å². The standard InChI is InChI=1S/C9H8F2O3/c10-9(11,7(12)8(13)14)6-4-2-1-3-5-6/h1-5,7,12H,(H,13,14)/p-1/t7-/m1/s1. The van der Waals surface area contributed by atoms with Crippen LogP contribution in [0, 0.1) is 0 Å². The molecule has 0 bridgehead atoms. The van der Waals surface area contributed by atoms with Crippen molar-refractivity contribution in [1.82, 2.24) is 0 Å². The Hall–Kier alpha value is -1.49. The Morgan fingerprint density at radius 3 is 2.29 bits per heavy atom. The maximum absolute atomic E-state index is 13.1. The number of carboxylic acid groups (broad SMARTS) is 1. The van der Waals surface area contributed by atoms with Crippen LogP contribution < -0.4 is 5.11 Å². The van der Waals surface area contributed by atoms with Gasteiger partial charge in [-0.05, 0) is 0 Å². The average Bonchev–Trinajstić information content (AvgIpc) is 2.18. The molecular formula is C9H7F2O3-. The van der Waals surface area contributed by atoms with E-state index in [2.05, 4.69) is 0 Å². The molecule has 0 saturated heterocycles. The third kappa shape index (κ3) is 1.88. The minimum atomic E-state index is -3.83. The Labute approximate surface area is 78.6 Å². The summed E-state index contributed by atoms with van der Waals surface area (Å²) in [5.41, 5.74) is -0.559. The summed E-state index contributed by atoms with van der Waals surface area (Å²) in [6, 6.07) is 6.22. The van der Waals surface area contributed by atoms with Gasteiger partial charge in [-0.15, -0.1) is 0 Å². The summed E-state index contributed by atoms with van der Waals surface area (Å²) >= 11 is 0. The number of hydrogen-bond donors (Lipinski definition) is 1. The molecule has 1 atom stereocenters. The molecule has 1 aromatic carbocycles. The lowest BCUT2D eigenvalue weighted by Gasteiger charge is -2.23. The van der Waals surface area contributed by atoms with Crippen molar-refractivity contribution in [2.24, 2.45) is 0 Å². The SMILES string of the molecule is O=C([O-])[C@@H](O)C(F)(F)c1ccccc1. The molecule has 14 heavy (non-hydrogen) atoms. The van der Waals surface area contributed by atoms with Crippen LogP contribution >= 0.6 is 0 Å². The number of aliphatic hydroxyl groups is 1. The second-order valence-corrected chi connectivity index (χ2v) is 2.71. The lowest BCUT2D eigenvalue weighted by Crippen LogP contribution is -2.45. The molecule has 3 nitrogen and oxygen atoms in total. The van der Waals surface area contributed by atoms with Crippen molar-refractivity contribution in [2.45, 2.75) is 12.0 Å². The summed E-state index contributed by atoms with van der Waals surface area (Å²) in [5, 5.41) is 18.8. The number of carbonyl (C=O) groups excluding carboxylic acids is 1. The van der Waals surface area contributed by atoms with Crippen molar-refractivity contribution in [3.05, 3.63) is 35.9 Å². The Morgan fingerprint density at radius 2 is 1.86 bits per heavy atom. The van der Waals surface area contributed by atoms with E-state index in [-0.39, 0.29) is 0 Å². The van der Waals surface area contributed by atoms with Gasteiger partial charge in [0.15, 0.2) is 6.10 Å². The van der Waals surface area contributed by atoms with Crippen molar-refractivity contribution >= 4 is 5.97 Å². The van der Waals surface area contributed by atoms with Crippen LogP contribution in [0.2, 0.25) is 0 Å². The highest BCUT2D eigenvalue weighted by atomic mass is 19.3. The van der Waals surface area contributed by atoms with E-state index in [1.165, 1.54) is 18.2 Å². The summed E-state index contributed by atoms with van der Waals surface area (Å²) in [5.74, 6) is -6.03. The Kier molecular flexibility index (Phi) is 2.81. The smallest absolute Gasteiger partial charge is 0.303 e. The second-order valence-electron chi connectivity index (χ2n) is 2.71. The van der Waals surface area contributed by atoms with Crippen molar-refractivity contribution < 1.29 is 23.8 Å². The number of alkyl halides is 2. The van der Waals surface area contributed by atoms with Gasteiger partial charge in [0.2, 0.25) is 0 Å². The van der Waals surface area contributed by atoms with Crippen LogP contribution in [0.4, 0.5) is 8.78 Å². The molecule has 0 heterocycles. The van der Waals surface area contributed by atoms with Gasteiger partial charge in [-0.3, -0.25) is 0 Å². The zero-order valence-electron chi connectivity index (χ0n) is 6.98. The zero-order valence-corrected chi connectivity index (χ0v) is 6.98. The Bertz CT molecular complexity index is 324. The van der Waals surface area contributed by atoms with E-state index in [0.717, 1.165) is 12.1 Å². The first-order valence-electron chi connectivity index (χ1n) is 3.78. The van der Waals surface area contributed by atoms with E-state index in [0.29, 0.717) is 0 Å². The number of aliphatic hydroxyl groups excluding tert-OH is 1. The quantitative estimate of drug-likeness (QED) is 0.742. The maximum Gasteiger partial charge on any atom is 0.303 e. The molecule has 0 amide bonds.